The standard InChI is InChI=1S/C13H13N3OS/c17-16-8-9-1-2-10-6-11(18-12(10)5-9)7-13-14-3-4-15-13/h3-6,8,17H,1-2,7H2,(H,14,15). The summed E-state index contributed by atoms with van der Waals surface area (Å²) in [7, 11) is 0. The predicted octanol–water partition coefficient (Wildman–Crippen LogP) is 2.85. The normalized spacial score (nSPS) is 14.8. The maximum absolute atomic E-state index is 8.56. The van der Waals surface area contributed by atoms with E-state index in [-0.39, 0.29) is 0 Å². The van der Waals surface area contributed by atoms with Crippen LogP contribution in [0.1, 0.15) is 27.6 Å². The highest BCUT2D eigenvalue weighted by molar-refractivity contribution is 7.13. The SMILES string of the molecule is ON=CC1=Cc2sc(Cc3ncc[nH]3)cc2CC1. The summed E-state index contributed by atoms with van der Waals surface area (Å²) >= 11 is 1.78. The smallest absolute Gasteiger partial charge is 0.111 e. The number of nitrogens with one attached hydrogen (secondary N) is 1. The first kappa shape index (κ1) is 11.2. The van der Waals surface area contributed by atoms with Gasteiger partial charge in [-0.25, -0.2) is 4.98 Å². The Kier molecular flexibility index (Phi) is 2.98. The minimum absolute atomic E-state index is 0.849. The van der Waals surface area contributed by atoms with Gasteiger partial charge in [0.05, 0.1) is 6.21 Å². The molecule has 3 rings (SSSR count). The first-order valence-electron chi connectivity index (χ1n) is 5.83. The molecule has 2 heterocycles. The lowest BCUT2D eigenvalue weighted by Crippen LogP contribution is -1.96. The number of aromatic amines is 1. The Hall–Kier alpha value is -1.88. The summed E-state index contributed by atoms with van der Waals surface area (Å²) in [5.74, 6) is 0.995. The molecule has 2 N–H and O–H groups in total. The fourth-order valence-corrected chi connectivity index (χ4v) is 3.36. The van der Waals surface area contributed by atoms with E-state index in [1.165, 1.54) is 21.5 Å². The number of imidazole rings is 1. The lowest BCUT2D eigenvalue weighted by Gasteiger charge is -2.07. The monoisotopic (exact) mass is 259 g/mol. The van der Waals surface area contributed by atoms with Crippen LogP contribution in [0.15, 0.2) is 29.2 Å². The lowest BCUT2D eigenvalue weighted by atomic mass is 9.99. The van der Waals surface area contributed by atoms with E-state index in [0.29, 0.717) is 0 Å². The van der Waals surface area contributed by atoms with Crippen LogP contribution in [0.3, 0.4) is 0 Å². The highest BCUT2D eigenvalue weighted by Gasteiger charge is 2.14. The molecule has 5 heteroatoms. The third kappa shape index (κ3) is 2.22. The fourth-order valence-electron chi connectivity index (χ4n) is 2.16. The number of nitrogens with zero attached hydrogens (tertiary/aromatic N) is 2. The Bertz CT molecular complexity index is 596. The minimum Gasteiger partial charge on any atom is -0.411 e. The summed E-state index contributed by atoms with van der Waals surface area (Å²) in [6.07, 6.45) is 10.1. The van der Waals surface area contributed by atoms with Gasteiger partial charge in [0.2, 0.25) is 0 Å². The van der Waals surface area contributed by atoms with Crippen LogP contribution in [0.4, 0.5) is 0 Å². The van der Waals surface area contributed by atoms with Gasteiger partial charge in [-0.3, -0.25) is 0 Å². The van der Waals surface area contributed by atoms with Crippen LogP contribution >= 0.6 is 11.3 Å². The summed E-state index contributed by atoms with van der Waals surface area (Å²) in [6, 6.07) is 2.26. The van der Waals surface area contributed by atoms with Crippen molar-refractivity contribution >= 4 is 23.6 Å². The number of thiophene rings is 1. The molecular weight excluding hydrogens is 246 g/mol. The van der Waals surface area contributed by atoms with Crippen LogP contribution in [-0.2, 0) is 12.8 Å². The third-order valence-electron chi connectivity index (χ3n) is 3.01. The number of fused-ring (bicyclic) bond motifs is 1. The first-order chi connectivity index (χ1) is 8.85. The summed E-state index contributed by atoms with van der Waals surface area (Å²) in [4.78, 5) is 9.95. The van der Waals surface area contributed by atoms with E-state index in [0.717, 1.165) is 30.7 Å². The Morgan fingerprint density at radius 1 is 1.50 bits per heavy atom. The first-order valence-corrected chi connectivity index (χ1v) is 6.64. The third-order valence-corrected chi connectivity index (χ3v) is 4.14. The van der Waals surface area contributed by atoms with Crippen LogP contribution in [0.5, 0.6) is 0 Å². The number of oxime groups is 1. The molecule has 1 aliphatic carbocycles. The largest absolute Gasteiger partial charge is 0.411 e. The molecule has 0 aromatic carbocycles. The molecule has 0 fully saturated rings. The van der Waals surface area contributed by atoms with E-state index in [9.17, 15) is 0 Å². The van der Waals surface area contributed by atoms with Crippen molar-refractivity contribution in [2.24, 2.45) is 5.16 Å². The summed E-state index contributed by atoms with van der Waals surface area (Å²) in [6.45, 7) is 0. The van der Waals surface area contributed by atoms with Crippen molar-refractivity contribution in [2.45, 2.75) is 19.3 Å². The minimum atomic E-state index is 0.849. The van der Waals surface area contributed by atoms with Crippen molar-refractivity contribution < 1.29 is 5.21 Å². The van der Waals surface area contributed by atoms with E-state index in [2.05, 4.69) is 27.3 Å². The number of rotatable bonds is 3. The van der Waals surface area contributed by atoms with Gasteiger partial charge in [0.15, 0.2) is 0 Å². The van der Waals surface area contributed by atoms with Gasteiger partial charge in [0, 0.05) is 28.6 Å². The number of aromatic nitrogens is 2. The molecule has 4 nitrogen and oxygen atoms in total. The van der Waals surface area contributed by atoms with Gasteiger partial charge < -0.3 is 10.2 Å². The molecule has 2 aromatic heterocycles. The van der Waals surface area contributed by atoms with Crippen LogP contribution in [-0.4, -0.2) is 21.4 Å². The lowest BCUT2D eigenvalue weighted by molar-refractivity contribution is 0.321. The van der Waals surface area contributed by atoms with Gasteiger partial charge in [-0.05, 0) is 36.1 Å². The molecule has 0 spiro atoms. The molecule has 92 valence electrons. The summed E-state index contributed by atoms with van der Waals surface area (Å²) in [5, 5.41) is 11.7. The van der Waals surface area contributed by atoms with Gasteiger partial charge in [0.25, 0.3) is 0 Å². The van der Waals surface area contributed by atoms with Crippen LogP contribution in [0, 0.1) is 0 Å². The van der Waals surface area contributed by atoms with Crippen LogP contribution in [0.2, 0.25) is 0 Å². The van der Waals surface area contributed by atoms with E-state index in [1.807, 2.05) is 6.20 Å². The quantitative estimate of drug-likeness (QED) is 0.506. The zero-order chi connectivity index (χ0) is 12.4. The average Bonchev–Trinajstić information content (AvgIpc) is 2.98. The van der Waals surface area contributed by atoms with Crippen molar-refractivity contribution in [3.05, 3.63) is 45.2 Å². The van der Waals surface area contributed by atoms with Gasteiger partial charge in [-0.1, -0.05) is 5.16 Å². The highest BCUT2D eigenvalue weighted by Crippen LogP contribution is 2.31. The molecule has 18 heavy (non-hydrogen) atoms. The number of hydrogen-bond acceptors (Lipinski definition) is 4. The maximum atomic E-state index is 8.56. The number of H-pyrrole nitrogens is 1. The number of allylic oxidation sites excluding steroid dienone is 1. The van der Waals surface area contributed by atoms with Gasteiger partial charge in [0.1, 0.15) is 5.82 Å². The zero-order valence-electron chi connectivity index (χ0n) is 9.76. The molecule has 2 aromatic rings. The molecule has 1 aliphatic rings. The van der Waals surface area contributed by atoms with Crippen molar-refractivity contribution in [2.75, 3.05) is 0 Å². The Morgan fingerprint density at radius 2 is 2.44 bits per heavy atom. The molecule has 0 aliphatic heterocycles. The Labute approximate surface area is 109 Å². The topological polar surface area (TPSA) is 61.3 Å². The van der Waals surface area contributed by atoms with E-state index in [1.54, 1.807) is 17.5 Å². The average molecular weight is 259 g/mol. The molecule has 0 unspecified atom stereocenters. The molecule has 0 saturated heterocycles. The summed E-state index contributed by atoms with van der Waals surface area (Å²) in [5.41, 5.74) is 2.47. The summed E-state index contributed by atoms with van der Waals surface area (Å²) < 4.78 is 0. The van der Waals surface area contributed by atoms with Crippen molar-refractivity contribution in [1.82, 2.24) is 9.97 Å². The zero-order valence-corrected chi connectivity index (χ0v) is 10.6. The predicted molar refractivity (Wildman–Crippen MR) is 72.3 cm³/mol. The number of hydrogen-bond donors (Lipinski definition) is 2. The van der Waals surface area contributed by atoms with Crippen LogP contribution < -0.4 is 0 Å². The Balaban J connectivity index is 1.85. The van der Waals surface area contributed by atoms with Gasteiger partial charge in [-0.15, -0.1) is 11.3 Å². The fraction of sp³-hybridized carbons (Fsp3) is 0.231. The second kappa shape index (κ2) is 4.78. The van der Waals surface area contributed by atoms with E-state index >= 15 is 0 Å². The van der Waals surface area contributed by atoms with Crippen molar-refractivity contribution in [1.29, 1.82) is 0 Å². The molecule has 0 bridgehead atoms. The Morgan fingerprint density at radius 3 is 3.22 bits per heavy atom. The molecule has 0 saturated carbocycles. The molecule has 0 radical (unpaired) electrons. The molecule has 0 atom stereocenters. The van der Waals surface area contributed by atoms with E-state index in [4.69, 9.17) is 5.21 Å². The van der Waals surface area contributed by atoms with Gasteiger partial charge >= 0.3 is 0 Å². The highest BCUT2D eigenvalue weighted by atomic mass is 32.1. The molecular formula is C13H13N3OS. The van der Waals surface area contributed by atoms with E-state index < -0.39 is 0 Å². The van der Waals surface area contributed by atoms with Gasteiger partial charge in [-0.2, -0.15) is 0 Å². The van der Waals surface area contributed by atoms with Crippen molar-refractivity contribution in [3.8, 4) is 0 Å². The number of aryl methyl sites for hydroxylation is 1. The maximum Gasteiger partial charge on any atom is 0.111 e. The molecule has 0 amide bonds. The van der Waals surface area contributed by atoms with Crippen molar-refractivity contribution in [3.63, 3.8) is 0 Å². The van der Waals surface area contributed by atoms with Crippen LogP contribution in [0.25, 0.3) is 6.08 Å². The second-order valence-electron chi connectivity index (χ2n) is 4.28. The second-order valence-corrected chi connectivity index (χ2v) is 5.45.